The fourth-order valence-electron chi connectivity index (χ4n) is 8.19. The molecule has 0 aromatic rings. The van der Waals surface area contributed by atoms with E-state index in [4.69, 9.17) is 4.74 Å². The van der Waals surface area contributed by atoms with E-state index in [1.807, 2.05) is 17.1 Å². The monoisotopic (exact) mass is 448 g/mol. The minimum absolute atomic E-state index is 0.233. The Kier molecular flexibility index (Phi) is 5.17. The molecule has 4 bridgehead atoms. The van der Waals surface area contributed by atoms with Crippen LogP contribution in [0.2, 0.25) is 0 Å². The summed E-state index contributed by atoms with van der Waals surface area (Å²) in [5.74, 6) is 1.22. The number of carbonyl (C=O) groups is 2. The van der Waals surface area contributed by atoms with Crippen LogP contribution in [-0.4, -0.2) is 58.2 Å². The maximum atomic E-state index is 13.9. The topological polar surface area (TPSA) is 76.0 Å². The van der Waals surface area contributed by atoms with Gasteiger partial charge in [-0.15, -0.1) is 0 Å². The smallest absolute Gasteiger partial charge is 0.283 e. The van der Waals surface area contributed by atoms with Crippen LogP contribution >= 0.6 is 0 Å². The molecule has 0 radical (unpaired) electrons. The molecule has 6 nitrogen and oxygen atoms in total. The highest BCUT2D eigenvalue weighted by Gasteiger charge is 2.63. The van der Waals surface area contributed by atoms with Gasteiger partial charge >= 0.3 is 0 Å². The number of carbonyl (C=O) groups excluding carboxylic acids is 2. The Morgan fingerprint density at radius 1 is 1.03 bits per heavy atom. The lowest BCUT2D eigenvalue weighted by molar-refractivity contribution is -0.179. The number of rotatable bonds is 2. The predicted molar refractivity (Wildman–Crippen MR) is 120 cm³/mol. The van der Waals surface area contributed by atoms with Crippen molar-refractivity contribution in [2.75, 3.05) is 31.2 Å². The Bertz CT molecular complexity index is 916. The van der Waals surface area contributed by atoms with Gasteiger partial charge < -0.3 is 9.64 Å². The summed E-state index contributed by atoms with van der Waals surface area (Å²) in [4.78, 5) is 28.4. The molecule has 5 fully saturated rings. The summed E-state index contributed by atoms with van der Waals surface area (Å²) < 4.78 is 23.0. The van der Waals surface area contributed by atoms with Gasteiger partial charge in [0, 0.05) is 31.0 Å². The largest absolute Gasteiger partial charge is 0.364 e. The maximum Gasteiger partial charge on any atom is 0.283 e. The lowest BCUT2D eigenvalue weighted by atomic mass is 9.40. The van der Waals surface area contributed by atoms with Crippen molar-refractivity contribution >= 4 is 21.5 Å². The zero-order valence-corrected chi connectivity index (χ0v) is 19.8. The zero-order chi connectivity index (χ0) is 21.9. The van der Waals surface area contributed by atoms with Crippen molar-refractivity contribution in [1.82, 2.24) is 4.90 Å². The summed E-state index contributed by atoms with van der Waals surface area (Å²) in [7, 11) is -2.64. The lowest BCUT2D eigenvalue weighted by Gasteiger charge is -2.65. The Hall–Kier alpha value is -1.21. The highest BCUT2D eigenvalue weighted by atomic mass is 32.2. The van der Waals surface area contributed by atoms with Crippen molar-refractivity contribution in [2.24, 2.45) is 26.5 Å². The molecule has 7 heteroatoms. The van der Waals surface area contributed by atoms with Gasteiger partial charge in [-0.25, -0.2) is 4.21 Å². The molecule has 2 amide bonds. The second-order valence-electron chi connectivity index (χ2n) is 11.7. The van der Waals surface area contributed by atoms with Gasteiger partial charge in [0.05, 0.1) is 21.8 Å². The highest BCUT2D eigenvalue weighted by molar-refractivity contribution is 7.93. The standard InChI is InChI=1S/C24H36N2O4S/c1-22-12-18-13-23(2,15-22)17-24(14-18,16-22)21(28)26-7-5-10-31(29,11-8-26)25-20(27)19-6-3-4-9-30-19/h3-4,18-19H,5-17H2,1-2H3. The maximum absolute atomic E-state index is 13.9. The van der Waals surface area contributed by atoms with E-state index in [0.29, 0.717) is 60.8 Å². The van der Waals surface area contributed by atoms with Crippen LogP contribution in [0.4, 0.5) is 0 Å². The average Bonchev–Trinajstić information content (AvgIpc) is 2.87. The first-order valence-electron chi connectivity index (χ1n) is 11.9. The molecule has 4 unspecified atom stereocenters. The quantitative estimate of drug-likeness (QED) is 0.606. The van der Waals surface area contributed by atoms with E-state index in [2.05, 4.69) is 18.2 Å². The van der Waals surface area contributed by atoms with E-state index >= 15 is 0 Å². The molecule has 0 N–H and O–H groups in total. The predicted octanol–water partition coefficient (Wildman–Crippen LogP) is 3.56. The van der Waals surface area contributed by atoms with Crippen LogP contribution in [0.1, 0.15) is 65.2 Å². The first-order chi connectivity index (χ1) is 14.6. The van der Waals surface area contributed by atoms with Crippen LogP contribution in [0, 0.1) is 22.2 Å². The molecule has 2 aliphatic heterocycles. The van der Waals surface area contributed by atoms with Gasteiger partial charge in [-0.2, -0.15) is 4.36 Å². The molecule has 0 aromatic carbocycles. The van der Waals surface area contributed by atoms with Gasteiger partial charge in [0.2, 0.25) is 5.91 Å². The average molecular weight is 449 g/mol. The second kappa shape index (κ2) is 7.41. The molecule has 0 spiro atoms. The van der Waals surface area contributed by atoms with Gasteiger partial charge in [0.1, 0.15) is 6.10 Å². The molecule has 4 saturated carbocycles. The summed E-state index contributed by atoms with van der Waals surface area (Å²) in [6.45, 7) is 6.25. The van der Waals surface area contributed by atoms with Crippen LogP contribution in [-0.2, 0) is 24.1 Å². The Morgan fingerprint density at radius 3 is 2.42 bits per heavy atom. The van der Waals surface area contributed by atoms with Gasteiger partial charge in [-0.3, -0.25) is 9.59 Å². The third-order valence-electron chi connectivity index (χ3n) is 8.38. The summed E-state index contributed by atoms with van der Waals surface area (Å²) in [5.41, 5.74) is 0.349. The van der Waals surface area contributed by atoms with E-state index in [0.717, 1.165) is 19.3 Å². The summed E-state index contributed by atoms with van der Waals surface area (Å²) in [6.07, 6.45) is 11.1. The molecule has 0 aromatic heterocycles. The third kappa shape index (κ3) is 4.01. The van der Waals surface area contributed by atoms with Gasteiger partial charge in [0.25, 0.3) is 5.91 Å². The minimum atomic E-state index is -2.64. The summed E-state index contributed by atoms with van der Waals surface area (Å²) in [5, 5.41) is 0. The number of hydrogen-bond donors (Lipinski definition) is 0. The lowest BCUT2D eigenvalue weighted by Crippen LogP contribution is -2.60. The molecule has 31 heavy (non-hydrogen) atoms. The van der Waals surface area contributed by atoms with Crippen molar-refractivity contribution in [2.45, 2.75) is 71.3 Å². The van der Waals surface area contributed by atoms with E-state index in [1.165, 1.54) is 19.3 Å². The zero-order valence-electron chi connectivity index (χ0n) is 18.9. The number of amides is 2. The summed E-state index contributed by atoms with van der Waals surface area (Å²) >= 11 is 0. The van der Waals surface area contributed by atoms with Gasteiger partial charge in [0.15, 0.2) is 0 Å². The molecule has 4 atom stereocenters. The summed E-state index contributed by atoms with van der Waals surface area (Å²) in [6, 6.07) is 0. The fraction of sp³-hybridized carbons (Fsp3) is 0.833. The van der Waals surface area contributed by atoms with Gasteiger partial charge in [-0.05, 0) is 61.7 Å². The van der Waals surface area contributed by atoms with Crippen molar-refractivity contribution in [1.29, 1.82) is 0 Å². The van der Waals surface area contributed by atoms with E-state index in [9.17, 15) is 13.8 Å². The number of nitrogens with zero attached hydrogens (tertiary/aromatic N) is 2. The molecule has 6 rings (SSSR count). The van der Waals surface area contributed by atoms with Crippen molar-refractivity contribution in [3.8, 4) is 0 Å². The Morgan fingerprint density at radius 2 is 1.77 bits per heavy atom. The van der Waals surface area contributed by atoms with E-state index < -0.39 is 21.7 Å². The fourth-order valence-corrected chi connectivity index (χ4v) is 10.1. The number of ether oxygens (including phenoxy) is 1. The van der Waals surface area contributed by atoms with Crippen LogP contribution in [0.15, 0.2) is 16.5 Å². The second-order valence-corrected chi connectivity index (χ2v) is 14.2. The third-order valence-corrected chi connectivity index (χ3v) is 10.6. The molecular formula is C24H36N2O4S. The van der Waals surface area contributed by atoms with Crippen LogP contribution in [0.3, 0.4) is 0 Å². The van der Waals surface area contributed by atoms with E-state index in [1.54, 1.807) is 0 Å². The molecule has 4 aliphatic carbocycles. The van der Waals surface area contributed by atoms with Crippen LogP contribution < -0.4 is 0 Å². The first-order valence-corrected chi connectivity index (χ1v) is 13.8. The SMILES string of the molecule is CC12CC3CC(C)(C1)CC(C(=O)N1CCCS(=O)(=NC(=O)C4CC=CCO4)CC1)(C3)C2. The van der Waals surface area contributed by atoms with Crippen LogP contribution in [0.5, 0.6) is 0 Å². The van der Waals surface area contributed by atoms with Crippen molar-refractivity contribution in [3.63, 3.8) is 0 Å². The van der Waals surface area contributed by atoms with Crippen LogP contribution in [0.25, 0.3) is 0 Å². The molecule has 1 saturated heterocycles. The van der Waals surface area contributed by atoms with Crippen molar-refractivity contribution < 1.29 is 18.5 Å². The number of hydrogen-bond acceptors (Lipinski definition) is 4. The molecule has 2 heterocycles. The molecule has 172 valence electrons. The van der Waals surface area contributed by atoms with Gasteiger partial charge in [-0.1, -0.05) is 26.0 Å². The Balaban J connectivity index is 1.31. The van der Waals surface area contributed by atoms with E-state index in [-0.39, 0.29) is 11.3 Å². The molecule has 6 aliphatic rings. The highest BCUT2D eigenvalue weighted by Crippen LogP contribution is 2.69. The van der Waals surface area contributed by atoms with Crippen molar-refractivity contribution in [3.05, 3.63) is 12.2 Å². The molecular weight excluding hydrogens is 412 g/mol. The first kappa shape index (κ1) is 21.6. The Labute approximate surface area is 186 Å². The normalized spacial score (nSPS) is 46.6. The minimum Gasteiger partial charge on any atom is -0.364 e.